The van der Waals surface area contributed by atoms with Gasteiger partial charge >= 0.3 is 0 Å². The Morgan fingerprint density at radius 1 is 1.56 bits per heavy atom. The van der Waals surface area contributed by atoms with Gasteiger partial charge in [-0.25, -0.2) is 0 Å². The molecule has 5 nitrogen and oxygen atoms in total. The first-order valence-corrected chi connectivity index (χ1v) is 3.31. The summed E-state index contributed by atoms with van der Waals surface area (Å²) in [6.07, 6.45) is 0.111. The fourth-order valence-corrected chi connectivity index (χ4v) is 0. The lowest BCUT2D eigenvalue weighted by molar-refractivity contribution is -0.354. The lowest BCUT2D eigenvalue weighted by Crippen LogP contribution is -2.34. The number of rotatable bonds is 1. The molecule has 0 aliphatic carbocycles. The van der Waals surface area contributed by atoms with Crippen LogP contribution < -0.4 is 14.7 Å². The predicted octanol–water partition coefficient (Wildman–Crippen LogP) is -3.73. The number of carboxylic acids is 1. The van der Waals surface area contributed by atoms with Crippen molar-refractivity contribution >= 4 is 15.1 Å². The van der Waals surface area contributed by atoms with Crippen LogP contribution in [0, 0.1) is 0 Å². The van der Waals surface area contributed by atoms with Crippen molar-refractivity contribution < 1.29 is 24.0 Å². The van der Waals surface area contributed by atoms with E-state index < -0.39 is 15.1 Å². The van der Waals surface area contributed by atoms with Gasteiger partial charge in [0.2, 0.25) is 0 Å². The van der Waals surface area contributed by atoms with Crippen LogP contribution >= 0.6 is 0 Å². The van der Waals surface area contributed by atoms with E-state index in [1.54, 1.807) is 0 Å². The van der Waals surface area contributed by atoms with Gasteiger partial charge in [-0.15, -0.1) is 0 Å². The molecular formula is C3H5O5Si-3. The Kier molecular flexibility index (Phi) is 8.63. The standard InChI is InChI=1S/C3H6O2.O3Si/c1-2-3(4)5;1-4(2)3/h2H2,1H3,(H,4,5);/q;-2/p-1. The first-order valence-electron chi connectivity index (χ1n) is 2.08. The molecule has 0 saturated heterocycles. The van der Waals surface area contributed by atoms with Crippen LogP contribution in [-0.4, -0.2) is 15.1 Å². The van der Waals surface area contributed by atoms with Gasteiger partial charge in [0.1, 0.15) is 0 Å². The molecule has 0 fully saturated rings. The van der Waals surface area contributed by atoms with Crippen molar-refractivity contribution in [3.05, 3.63) is 0 Å². The summed E-state index contributed by atoms with van der Waals surface area (Å²) >= 11 is 0. The summed E-state index contributed by atoms with van der Waals surface area (Å²) < 4.78 is 8.52. The molecule has 0 aliphatic heterocycles. The van der Waals surface area contributed by atoms with E-state index in [0.29, 0.717) is 0 Å². The Labute approximate surface area is 53.5 Å². The molecule has 0 aliphatic rings. The molecule has 0 N–H and O–H groups in total. The maximum atomic E-state index is 9.26. The minimum absolute atomic E-state index is 0.111. The zero-order valence-corrected chi connectivity index (χ0v) is 5.75. The fraction of sp³-hybridized carbons (Fsp3) is 0.667. The fourth-order valence-electron chi connectivity index (χ4n) is 0. The third-order valence-electron chi connectivity index (χ3n) is 0.289. The highest BCUT2D eigenvalue weighted by atomic mass is 28.3. The van der Waals surface area contributed by atoms with Gasteiger partial charge < -0.3 is 24.0 Å². The SMILES string of the molecule is CCC(=O)[O-].O=[Si]([O-])[O-]. The normalized spacial score (nSPS) is 6.78. The molecule has 9 heavy (non-hydrogen) atoms. The number of hydrogen-bond acceptors (Lipinski definition) is 5. The molecule has 0 rings (SSSR count). The Morgan fingerprint density at radius 2 is 1.67 bits per heavy atom. The summed E-state index contributed by atoms with van der Waals surface area (Å²) in [7, 11) is -3.63. The first kappa shape index (κ1) is 11.0. The average molecular weight is 149 g/mol. The van der Waals surface area contributed by atoms with E-state index in [-0.39, 0.29) is 6.42 Å². The molecule has 54 valence electrons. The summed E-state index contributed by atoms with van der Waals surface area (Å²) in [6.45, 7) is 1.54. The van der Waals surface area contributed by atoms with Crippen LogP contribution in [0.1, 0.15) is 13.3 Å². The van der Waals surface area contributed by atoms with Crippen molar-refractivity contribution in [3.8, 4) is 0 Å². The van der Waals surface area contributed by atoms with Gasteiger partial charge in [-0.1, -0.05) is 6.92 Å². The molecule has 0 atom stereocenters. The highest BCUT2D eigenvalue weighted by Crippen LogP contribution is 1.61. The second kappa shape index (κ2) is 7.09. The van der Waals surface area contributed by atoms with Gasteiger partial charge in [-0.2, -0.15) is 0 Å². The van der Waals surface area contributed by atoms with Crippen LogP contribution in [0.5, 0.6) is 0 Å². The summed E-state index contributed by atoms with van der Waals surface area (Å²) in [5.41, 5.74) is 0. The van der Waals surface area contributed by atoms with E-state index in [2.05, 4.69) is 0 Å². The lowest BCUT2D eigenvalue weighted by Gasteiger charge is -1.94. The number of carbonyl (C=O) groups is 1. The second-order valence-corrected chi connectivity index (χ2v) is 1.48. The molecule has 0 spiro atoms. The summed E-state index contributed by atoms with van der Waals surface area (Å²) in [4.78, 5) is 26.3. The third kappa shape index (κ3) is 155. The van der Waals surface area contributed by atoms with Crippen molar-refractivity contribution in [2.24, 2.45) is 0 Å². The average Bonchev–Trinajstić information content (AvgIpc) is 1.65. The van der Waals surface area contributed by atoms with E-state index in [1.807, 2.05) is 0 Å². The molecule has 0 aromatic carbocycles. The Morgan fingerprint density at radius 3 is 1.67 bits per heavy atom. The van der Waals surface area contributed by atoms with Crippen molar-refractivity contribution in [1.29, 1.82) is 0 Å². The zero-order chi connectivity index (χ0) is 7.86. The third-order valence-corrected chi connectivity index (χ3v) is 0.289. The molecule has 6 heteroatoms. The summed E-state index contributed by atoms with van der Waals surface area (Å²) in [5.74, 6) is -0.995. The van der Waals surface area contributed by atoms with Crippen LogP contribution in [0.25, 0.3) is 0 Å². The number of carboxylic acid groups (broad SMARTS) is 1. The summed E-state index contributed by atoms with van der Waals surface area (Å²) in [5, 5.41) is 9.26. The highest BCUT2D eigenvalue weighted by molar-refractivity contribution is 6.17. The minimum Gasteiger partial charge on any atom is -0.672 e. The highest BCUT2D eigenvalue weighted by Gasteiger charge is 1.65. The van der Waals surface area contributed by atoms with E-state index in [0.717, 1.165) is 0 Å². The van der Waals surface area contributed by atoms with Crippen LogP contribution in [0.4, 0.5) is 0 Å². The number of aliphatic carboxylic acids is 1. The maximum absolute atomic E-state index is 9.26. The first-order chi connectivity index (χ1) is 4.00. The quantitative estimate of drug-likeness (QED) is 0.356. The molecule has 0 aromatic rings. The Bertz CT molecular complexity index is 96.4. The lowest BCUT2D eigenvalue weighted by atomic mass is 10.5. The van der Waals surface area contributed by atoms with Gasteiger partial charge in [-0.3, -0.25) is 0 Å². The van der Waals surface area contributed by atoms with Crippen LogP contribution in [0.3, 0.4) is 0 Å². The van der Waals surface area contributed by atoms with Gasteiger partial charge in [0.15, 0.2) is 0 Å². The van der Waals surface area contributed by atoms with E-state index >= 15 is 0 Å². The number of carbonyl (C=O) groups excluding carboxylic acids is 1. The molecular weight excluding hydrogens is 144 g/mol. The van der Waals surface area contributed by atoms with Gasteiger partial charge in [-0.05, 0) is 6.42 Å². The van der Waals surface area contributed by atoms with Crippen molar-refractivity contribution in [2.45, 2.75) is 13.3 Å². The Balaban J connectivity index is 0. The van der Waals surface area contributed by atoms with Gasteiger partial charge in [0.25, 0.3) is 0 Å². The monoisotopic (exact) mass is 149 g/mol. The summed E-state index contributed by atoms with van der Waals surface area (Å²) in [6, 6.07) is 0. The number of hydrogen-bond donors (Lipinski definition) is 0. The largest absolute Gasteiger partial charge is 0.672 e. The molecule has 0 radical (unpaired) electrons. The molecule has 0 saturated carbocycles. The van der Waals surface area contributed by atoms with Crippen molar-refractivity contribution in [2.75, 3.05) is 0 Å². The topological polar surface area (TPSA) is 103 Å². The molecule has 0 aromatic heterocycles. The van der Waals surface area contributed by atoms with E-state index in [1.165, 1.54) is 6.92 Å². The van der Waals surface area contributed by atoms with Crippen LogP contribution in [0.15, 0.2) is 0 Å². The Hall–Kier alpha value is -0.913. The molecule has 0 unspecified atom stereocenters. The van der Waals surface area contributed by atoms with Crippen LogP contribution in [0.2, 0.25) is 0 Å². The van der Waals surface area contributed by atoms with Crippen molar-refractivity contribution in [3.63, 3.8) is 0 Å². The van der Waals surface area contributed by atoms with Crippen LogP contribution in [-0.2, 0) is 9.26 Å². The van der Waals surface area contributed by atoms with Gasteiger partial charge in [0, 0.05) is 15.1 Å². The maximum Gasteiger partial charge on any atom is 0.0411 e. The van der Waals surface area contributed by atoms with Crippen molar-refractivity contribution in [1.82, 2.24) is 0 Å². The predicted molar refractivity (Wildman–Crippen MR) is 21.7 cm³/mol. The molecule has 0 bridgehead atoms. The zero-order valence-electron chi connectivity index (χ0n) is 4.75. The minimum atomic E-state index is -3.63. The molecule has 0 heterocycles. The van der Waals surface area contributed by atoms with E-state index in [4.69, 9.17) is 14.1 Å². The molecule has 0 amide bonds. The second-order valence-electron chi connectivity index (χ2n) is 0.976. The smallest absolute Gasteiger partial charge is 0.0411 e. The van der Waals surface area contributed by atoms with E-state index in [9.17, 15) is 9.90 Å². The van der Waals surface area contributed by atoms with Gasteiger partial charge in [0.05, 0.1) is 0 Å².